The number of ether oxygens (including phenoxy) is 3. The fourth-order valence-electron chi connectivity index (χ4n) is 3.18. The first-order valence-corrected chi connectivity index (χ1v) is 15.2. The van der Waals surface area contributed by atoms with E-state index in [9.17, 15) is 14.2 Å². The number of unbranched alkanes of at least 4 members (excludes halogenated alkanes) is 4. The summed E-state index contributed by atoms with van der Waals surface area (Å²) in [6.45, 7) is 12.3. The van der Waals surface area contributed by atoms with Crippen molar-refractivity contribution >= 4 is 36.9 Å². The Morgan fingerprint density at radius 2 is 1.73 bits per heavy atom. The van der Waals surface area contributed by atoms with Gasteiger partial charge >= 0.3 is 19.9 Å². The first-order valence-electron chi connectivity index (χ1n) is 13.8. The van der Waals surface area contributed by atoms with E-state index in [4.69, 9.17) is 25.7 Å². The van der Waals surface area contributed by atoms with Crippen LogP contribution in [0.1, 0.15) is 80.1 Å². The van der Waals surface area contributed by atoms with E-state index in [0.717, 1.165) is 25.7 Å². The summed E-state index contributed by atoms with van der Waals surface area (Å²) in [6.07, 6.45) is 8.93. The molecule has 2 aromatic heterocycles. The molecule has 0 spiro atoms. The number of hydrogen-bond donors (Lipinski definition) is 3. The van der Waals surface area contributed by atoms with Gasteiger partial charge in [0.1, 0.15) is 23.4 Å². The van der Waals surface area contributed by atoms with E-state index in [2.05, 4.69) is 27.0 Å². The second-order valence-corrected chi connectivity index (χ2v) is 11.4. The Hall–Kier alpha value is -2.73. The minimum Gasteiger partial charge on any atom is -0.464 e. The quantitative estimate of drug-likeness (QED) is 0.139. The molecule has 0 fully saturated rings. The van der Waals surface area contributed by atoms with Gasteiger partial charge in [0.15, 0.2) is 11.5 Å². The summed E-state index contributed by atoms with van der Waals surface area (Å²) < 4.78 is 29.6. The Morgan fingerprint density at radius 1 is 1.05 bits per heavy atom. The van der Waals surface area contributed by atoms with Crippen molar-refractivity contribution in [3.63, 3.8) is 0 Å². The van der Waals surface area contributed by atoms with E-state index in [1.165, 1.54) is 19.2 Å². The Kier molecular flexibility index (Phi) is 16.4. The van der Waals surface area contributed by atoms with Crippen LogP contribution < -0.4 is 16.6 Å². The van der Waals surface area contributed by atoms with Crippen LogP contribution in [0.4, 0.5) is 5.82 Å². The number of hydrogen-bond acceptors (Lipinski definition) is 11. The van der Waals surface area contributed by atoms with Crippen molar-refractivity contribution in [2.45, 2.75) is 104 Å². The van der Waals surface area contributed by atoms with Crippen LogP contribution in [-0.2, 0) is 34.9 Å². The molecule has 40 heavy (non-hydrogen) atoms. The van der Waals surface area contributed by atoms with Gasteiger partial charge in [0.25, 0.3) is 6.35 Å². The van der Waals surface area contributed by atoms with Crippen LogP contribution in [-0.4, -0.2) is 68.7 Å². The zero-order chi connectivity index (χ0) is 30.1. The highest BCUT2D eigenvalue weighted by molar-refractivity contribution is 7.42. The maximum atomic E-state index is 12.1. The molecule has 5 N–H and O–H groups in total. The van der Waals surface area contributed by atoms with Gasteiger partial charge in [-0.15, -0.1) is 0 Å². The van der Waals surface area contributed by atoms with Crippen molar-refractivity contribution < 1.29 is 28.4 Å². The number of nitrogen functional groups attached to an aromatic ring is 1. The summed E-state index contributed by atoms with van der Waals surface area (Å²) in [6, 6.07) is -0.651. The average molecular weight is 585 g/mol. The van der Waals surface area contributed by atoms with Crippen LogP contribution in [0.2, 0.25) is 0 Å². The summed E-state index contributed by atoms with van der Waals surface area (Å²) in [5.41, 5.74) is 11.6. The molecule has 0 radical (unpaired) electrons. The molecule has 0 amide bonds. The lowest BCUT2D eigenvalue weighted by atomic mass is 10.1. The van der Waals surface area contributed by atoms with Gasteiger partial charge in [0.05, 0.1) is 32.2 Å². The predicted molar refractivity (Wildman–Crippen MR) is 155 cm³/mol. The SMILES string of the molecule is CCCCCCOC(=O)C(C)(C)N.CCCCOC(=O)C(C)N[P+](=O)COC(C)Cn1cnc2c(N)ncnc21. The number of anilines is 1. The van der Waals surface area contributed by atoms with Crippen molar-refractivity contribution in [3.8, 4) is 0 Å². The van der Waals surface area contributed by atoms with Gasteiger partial charge in [0.2, 0.25) is 0 Å². The highest BCUT2D eigenvalue weighted by Crippen LogP contribution is 2.19. The van der Waals surface area contributed by atoms with Gasteiger partial charge < -0.3 is 30.2 Å². The van der Waals surface area contributed by atoms with Gasteiger partial charge in [-0.3, -0.25) is 9.59 Å². The first kappa shape index (κ1) is 35.3. The molecule has 3 atom stereocenters. The minimum absolute atomic E-state index is 0.0210. The number of carbonyl (C=O) groups is 2. The maximum Gasteiger partial charge on any atom is 0.461 e. The fraction of sp³-hybridized carbons (Fsp3) is 0.731. The van der Waals surface area contributed by atoms with Gasteiger partial charge in [0, 0.05) is 0 Å². The number of imidazole rings is 1. The lowest BCUT2D eigenvalue weighted by Gasteiger charge is -2.16. The molecule has 0 aliphatic rings. The molecule has 0 aromatic carbocycles. The smallest absolute Gasteiger partial charge is 0.461 e. The summed E-state index contributed by atoms with van der Waals surface area (Å²) >= 11 is 0. The highest BCUT2D eigenvalue weighted by atomic mass is 31.1. The zero-order valence-electron chi connectivity index (χ0n) is 24.7. The van der Waals surface area contributed by atoms with Crippen LogP contribution in [0.15, 0.2) is 12.7 Å². The maximum absolute atomic E-state index is 12.1. The summed E-state index contributed by atoms with van der Waals surface area (Å²) in [5, 5.41) is 2.71. The molecule has 2 heterocycles. The largest absolute Gasteiger partial charge is 0.464 e. The van der Waals surface area contributed by atoms with E-state index in [1.807, 2.05) is 13.8 Å². The Bertz CT molecular complexity index is 1060. The van der Waals surface area contributed by atoms with Crippen LogP contribution in [0.25, 0.3) is 11.2 Å². The van der Waals surface area contributed by atoms with E-state index < -0.39 is 25.5 Å². The van der Waals surface area contributed by atoms with Crippen molar-refractivity contribution in [1.82, 2.24) is 24.6 Å². The molecule has 3 unspecified atom stereocenters. The Morgan fingerprint density at radius 3 is 2.38 bits per heavy atom. The molecule has 226 valence electrons. The third-order valence-electron chi connectivity index (χ3n) is 5.55. The summed E-state index contributed by atoms with van der Waals surface area (Å²) in [5.74, 6) is -0.412. The molecule has 2 rings (SSSR count). The van der Waals surface area contributed by atoms with Crippen molar-refractivity contribution in [3.05, 3.63) is 12.7 Å². The van der Waals surface area contributed by atoms with Crippen molar-refractivity contribution in [2.75, 3.05) is 25.3 Å². The van der Waals surface area contributed by atoms with Gasteiger partial charge in [-0.1, -0.05) is 44.6 Å². The normalized spacial score (nSPS) is 13.2. The molecule has 0 saturated carbocycles. The molecular formula is C26H47N7O6P+. The van der Waals surface area contributed by atoms with Gasteiger partial charge in [-0.2, -0.15) is 0 Å². The number of aromatic nitrogens is 4. The molecule has 0 saturated heterocycles. The summed E-state index contributed by atoms with van der Waals surface area (Å²) in [4.78, 5) is 35.2. The number of nitrogens with zero attached hydrogens (tertiary/aromatic N) is 4. The zero-order valence-corrected chi connectivity index (χ0v) is 25.6. The average Bonchev–Trinajstić information content (AvgIpc) is 3.31. The molecule has 13 nitrogen and oxygen atoms in total. The molecule has 14 heteroatoms. The highest BCUT2D eigenvalue weighted by Gasteiger charge is 2.26. The number of nitrogens with one attached hydrogen (secondary N) is 1. The van der Waals surface area contributed by atoms with Crippen LogP contribution in [0, 0.1) is 0 Å². The molecule has 2 aromatic rings. The predicted octanol–water partition coefficient (Wildman–Crippen LogP) is 3.68. The second-order valence-electron chi connectivity index (χ2n) is 10.1. The van der Waals surface area contributed by atoms with Crippen molar-refractivity contribution in [1.29, 1.82) is 0 Å². The third-order valence-corrected chi connectivity index (χ3v) is 6.61. The topological polar surface area (TPSA) is 187 Å². The number of esters is 2. The van der Waals surface area contributed by atoms with Gasteiger partial charge in [-0.25, -0.2) is 15.0 Å². The molecule has 0 aliphatic carbocycles. The number of fused-ring (bicyclic) bond motifs is 1. The van der Waals surface area contributed by atoms with E-state index in [1.54, 1.807) is 31.7 Å². The third kappa shape index (κ3) is 13.6. The Labute approximate surface area is 238 Å². The van der Waals surface area contributed by atoms with Crippen LogP contribution in [0.3, 0.4) is 0 Å². The molecule has 0 bridgehead atoms. The second kappa shape index (κ2) is 18.6. The number of nitrogens with two attached hydrogens (primary N) is 2. The molecule has 0 aliphatic heterocycles. The number of rotatable bonds is 17. The monoisotopic (exact) mass is 584 g/mol. The lowest BCUT2D eigenvalue weighted by molar-refractivity contribution is -0.149. The van der Waals surface area contributed by atoms with E-state index >= 15 is 0 Å². The van der Waals surface area contributed by atoms with E-state index in [0.29, 0.717) is 36.7 Å². The van der Waals surface area contributed by atoms with E-state index in [-0.39, 0.29) is 18.4 Å². The lowest BCUT2D eigenvalue weighted by Crippen LogP contribution is -2.42. The first-order chi connectivity index (χ1) is 18.9. The standard InChI is InChI=1S/C16H26N6O4P.C10H21NO2/c1-4-5-6-25-16(23)12(3)21-27(24)10-26-11(2)7-22-9-20-13-14(17)18-8-19-15(13)22;1-4-5-6-7-8-13-9(12)10(2,3)11/h8-9,11-12H,4-7,10H2,1-3H3,(H,21,24)(H2,17,18,19);4-8,11H2,1-3H3/q+1;. The minimum atomic E-state index is -1.90. The van der Waals surface area contributed by atoms with Crippen LogP contribution >= 0.6 is 7.95 Å². The fourth-order valence-corrected chi connectivity index (χ4v) is 4.19. The van der Waals surface area contributed by atoms with Crippen molar-refractivity contribution in [2.24, 2.45) is 5.73 Å². The molecular weight excluding hydrogens is 537 g/mol. The number of carbonyl (C=O) groups excluding carboxylic acids is 2. The van der Waals surface area contributed by atoms with Gasteiger partial charge in [-0.05, 0) is 45.1 Å². The Balaban J connectivity index is 0.000000520. The van der Waals surface area contributed by atoms with Crippen LogP contribution in [0.5, 0.6) is 0 Å². The summed E-state index contributed by atoms with van der Waals surface area (Å²) in [7, 11) is -1.90.